The van der Waals surface area contributed by atoms with Crippen molar-refractivity contribution in [1.29, 1.82) is 0 Å². The van der Waals surface area contributed by atoms with E-state index < -0.39 is 0 Å². The van der Waals surface area contributed by atoms with E-state index >= 15 is 0 Å². The van der Waals surface area contributed by atoms with Crippen LogP contribution in [0.25, 0.3) is 11.3 Å². The number of aromatic nitrogens is 3. The van der Waals surface area contributed by atoms with E-state index in [0.717, 1.165) is 21.5 Å². The predicted octanol–water partition coefficient (Wildman–Crippen LogP) is 5.27. The Morgan fingerprint density at radius 3 is 2.67 bits per heavy atom. The van der Waals surface area contributed by atoms with Crippen molar-refractivity contribution >= 4 is 27.7 Å². The maximum absolute atomic E-state index is 4.73. The molecule has 0 unspecified atom stereocenters. The second kappa shape index (κ2) is 8.48. The molecule has 0 radical (unpaired) electrons. The SMILES string of the molecule is Brc1ccccc1CNc1cc(-c2cccnc2)nc(NC2CCCC2)n1. The Balaban J connectivity index is 1.59. The third-order valence-corrected chi connectivity index (χ3v) is 5.56. The van der Waals surface area contributed by atoms with Gasteiger partial charge in [-0.2, -0.15) is 4.98 Å². The highest BCUT2D eigenvalue weighted by molar-refractivity contribution is 9.10. The summed E-state index contributed by atoms with van der Waals surface area (Å²) in [5, 5.41) is 6.94. The zero-order chi connectivity index (χ0) is 18.5. The van der Waals surface area contributed by atoms with E-state index in [-0.39, 0.29) is 0 Å². The van der Waals surface area contributed by atoms with Gasteiger partial charge in [-0.3, -0.25) is 4.98 Å². The minimum absolute atomic E-state index is 0.463. The largest absolute Gasteiger partial charge is 0.366 e. The normalized spacial score (nSPS) is 14.3. The summed E-state index contributed by atoms with van der Waals surface area (Å²) in [7, 11) is 0. The van der Waals surface area contributed by atoms with Crippen LogP contribution in [0.1, 0.15) is 31.2 Å². The lowest BCUT2D eigenvalue weighted by molar-refractivity contribution is 0.744. The minimum atomic E-state index is 0.463. The second-order valence-corrected chi connectivity index (χ2v) is 7.63. The van der Waals surface area contributed by atoms with E-state index in [9.17, 15) is 0 Å². The summed E-state index contributed by atoms with van der Waals surface area (Å²) in [6.07, 6.45) is 8.51. The van der Waals surface area contributed by atoms with E-state index in [4.69, 9.17) is 9.97 Å². The number of pyridine rings is 1. The molecule has 5 nitrogen and oxygen atoms in total. The molecule has 3 aromatic rings. The Hall–Kier alpha value is -2.47. The summed E-state index contributed by atoms with van der Waals surface area (Å²) in [4.78, 5) is 13.6. The van der Waals surface area contributed by atoms with Crippen molar-refractivity contribution in [3.63, 3.8) is 0 Å². The topological polar surface area (TPSA) is 62.7 Å². The molecule has 1 fully saturated rings. The molecule has 0 aliphatic heterocycles. The van der Waals surface area contributed by atoms with Gasteiger partial charge in [0.15, 0.2) is 0 Å². The van der Waals surface area contributed by atoms with E-state index in [1.54, 1.807) is 6.20 Å². The maximum atomic E-state index is 4.73. The van der Waals surface area contributed by atoms with Crippen molar-refractivity contribution in [3.8, 4) is 11.3 Å². The summed E-state index contributed by atoms with van der Waals surface area (Å²) in [5.74, 6) is 1.48. The van der Waals surface area contributed by atoms with Crippen molar-refractivity contribution in [2.75, 3.05) is 10.6 Å². The molecule has 1 aromatic carbocycles. The highest BCUT2D eigenvalue weighted by atomic mass is 79.9. The quantitative estimate of drug-likeness (QED) is 0.565. The van der Waals surface area contributed by atoms with Crippen LogP contribution in [0, 0.1) is 0 Å². The maximum Gasteiger partial charge on any atom is 0.225 e. The van der Waals surface area contributed by atoms with Gasteiger partial charge in [0, 0.05) is 41.1 Å². The van der Waals surface area contributed by atoms with Crippen LogP contribution in [0.4, 0.5) is 11.8 Å². The third-order valence-electron chi connectivity index (χ3n) is 4.79. The number of nitrogens with zero attached hydrogens (tertiary/aromatic N) is 3. The lowest BCUT2D eigenvalue weighted by atomic mass is 10.2. The van der Waals surface area contributed by atoms with Crippen molar-refractivity contribution in [1.82, 2.24) is 15.0 Å². The molecule has 1 aliphatic carbocycles. The Labute approximate surface area is 167 Å². The standard InChI is InChI=1S/C21H22BrN5/c22-18-10-4-1-6-15(18)14-24-20-12-19(16-7-5-11-23-13-16)26-21(27-20)25-17-8-2-3-9-17/h1,4-7,10-13,17H,2-3,8-9,14H2,(H2,24,25,26,27). The number of rotatable bonds is 6. The van der Waals surface area contributed by atoms with Crippen LogP contribution in [0.5, 0.6) is 0 Å². The fourth-order valence-corrected chi connectivity index (χ4v) is 3.77. The molecule has 27 heavy (non-hydrogen) atoms. The van der Waals surface area contributed by atoms with Gasteiger partial charge in [-0.15, -0.1) is 0 Å². The van der Waals surface area contributed by atoms with Crippen molar-refractivity contribution in [2.45, 2.75) is 38.3 Å². The van der Waals surface area contributed by atoms with Gasteiger partial charge >= 0.3 is 0 Å². The first-order valence-electron chi connectivity index (χ1n) is 9.31. The van der Waals surface area contributed by atoms with Crippen LogP contribution in [0.3, 0.4) is 0 Å². The summed E-state index contributed by atoms with van der Waals surface area (Å²) in [6, 6.07) is 14.6. The lowest BCUT2D eigenvalue weighted by Crippen LogP contribution is -2.17. The molecule has 2 N–H and O–H groups in total. The molecule has 2 aromatic heterocycles. The number of hydrogen-bond donors (Lipinski definition) is 2. The molecular formula is C21H22BrN5. The zero-order valence-corrected chi connectivity index (χ0v) is 16.6. The average Bonchev–Trinajstić information content (AvgIpc) is 3.21. The number of nitrogens with one attached hydrogen (secondary N) is 2. The Kier molecular flexibility index (Phi) is 5.63. The smallest absolute Gasteiger partial charge is 0.225 e. The number of halogens is 1. The van der Waals surface area contributed by atoms with Gasteiger partial charge in [0.05, 0.1) is 5.69 Å². The Morgan fingerprint density at radius 1 is 1.04 bits per heavy atom. The van der Waals surface area contributed by atoms with Crippen LogP contribution in [-0.2, 0) is 6.54 Å². The summed E-state index contributed by atoms with van der Waals surface area (Å²) in [6.45, 7) is 0.688. The molecule has 2 heterocycles. The van der Waals surface area contributed by atoms with Crippen molar-refractivity contribution < 1.29 is 0 Å². The van der Waals surface area contributed by atoms with Crippen molar-refractivity contribution in [3.05, 3.63) is 64.9 Å². The number of hydrogen-bond acceptors (Lipinski definition) is 5. The Bertz CT molecular complexity index is 894. The van der Waals surface area contributed by atoms with E-state index in [1.807, 2.05) is 42.6 Å². The molecule has 0 bridgehead atoms. The lowest BCUT2D eigenvalue weighted by Gasteiger charge is -2.15. The van der Waals surface area contributed by atoms with Gasteiger partial charge in [0.25, 0.3) is 0 Å². The first-order valence-corrected chi connectivity index (χ1v) is 10.1. The molecule has 0 saturated heterocycles. The molecule has 0 spiro atoms. The van der Waals surface area contributed by atoms with Gasteiger partial charge in [0.2, 0.25) is 5.95 Å². The molecule has 0 amide bonds. The molecular weight excluding hydrogens is 402 g/mol. The number of benzene rings is 1. The summed E-state index contributed by atoms with van der Waals surface area (Å²) >= 11 is 3.60. The summed E-state index contributed by atoms with van der Waals surface area (Å²) in [5.41, 5.74) is 3.04. The molecule has 0 atom stereocenters. The first kappa shape index (κ1) is 17.9. The monoisotopic (exact) mass is 423 g/mol. The average molecular weight is 424 g/mol. The number of anilines is 2. The molecule has 1 saturated carbocycles. The highest BCUT2D eigenvalue weighted by Gasteiger charge is 2.17. The van der Waals surface area contributed by atoms with Gasteiger partial charge in [-0.25, -0.2) is 4.98 Å². The van der Waals surface area contributed by atoms with Crippen LogP contribution < -0.4 is 10.6 Å². The van der Waals surface area contributed by atoms with Gasteiger partial charge < -0.3 is 10.6 Å². The van der Waals surface area contributed by atoms with E-state index in [2.05, 4.69) is 37.6 Å². The molecule has 138 valence electrons. The fourth-order valence-electron chi connectivity index (χ4n) is 3.34. The van der Waals surface area contributed by atoms with E-state index in [1.165, 1.54) is 31.2 Å². The van der Waals surface area contributed by atoms with Crippen LogP contribution in [-0.4, -0.2) is 21.0 Å². The zero-order valence-electron chi connectivity index (χ0n) is 15.0. The predicted molar refractivity (Wildman–Crippen MR) is 113 cm³/mol. The van der Waals surface area contributed by atoms with Gasteiger partial charge in [-0.05, 0) is 36.6 Å². The summed E-state index contributed by atoms with van der Waals surface area (Å²) < 4.78 is 1.09. The Morgan fingerprint density at radius 2 is 1.89 bits per heavy atom. The van der Waals surface area contributed by atoms with Crippen LogP contribution in [0.2, 0.25) is 0 Å². The molecule has 6 heteroatoms. The van der Waals surface area contributed by atoms with Crippen LogP contribution >= 0.6 is 15.9 Å². The van der Waals surface area contributed by atoms with E-state index in [0.29, 0.717) is 18.5 Å². The van der Waals surface area contributed by atoms with Crippen LogP contribution in [0.15, 0.2) is 59.3 Å². The third kappa shape index (κ3) is 4.63. The van der Waals surface area contributed by atoms with Gasteiger partial charge in [0.1, 0.15) is 5.82 Å². The fraction of sp³-hybridized carbons (Fsp3) is 0.286. The molecule has 4 rings (SSSR count). The minimum Gasteiger partial charge on any atom is -0.366 e. The van der Waals surface area contributed by atoms with Gasteiger partial charge in [-0.1, -0.05) is 47.0 Å². The molecule has 1 aliphatic rings. The first-order chi connectivity index (χ1) is 13.3. The second-order valence-electron chi connectivity index (χ2n) is 6.77. The van der Waals surface area contributed by atoms with Crippen molar-refractivity contribution in [2.24, 2.45) is 0 Å². The highest BCUT2D eigenvalue weighted by Crippen LogP contribution is 2.25.